The van der Waals surface area contributed by atoms with E-state index in [-0.39, 0.29) is 11.5 Å². The molecule has 0 saturated carbocycles. The molecule has 0 aromatic heterocycles. The molecule has 0 aliphatic heterocycles. The third-order valence-corrected chi connectivity index (χ3v) is 2.70. The molecule has 0 aliphatic carbocycles. The van der Waals surface area contributed by atoms with Gasteiger partial charge in [0.2, 0.25) is 0 Å². The summed E-state index contributed by atoms with van der Waals surface area (Å²) in [5.41, 5.74) is 0.612. The van der Waals surface area contributed by atoms with Gasteiger partial charge in [0.25, 0.3) is 5.91 Å². The van der Waals surface area contributed by atoms with E-state index in [1.807, 2.05) is 6.07 Å². The van der Waals surface area contributed by atoms with Gasteiger partial charge in [-0.05, 0) is 12.1 Å². The third kappa shape index (κ3) is 4.89. The Kier molecular flexibility index (Phi) is 6.92. The summed E-state index contributed by atoms with van der Waals surface area (Å²) in [7, 11) is 3.07. The summed E-state index contributed by atoms with van der Waals surface area (Å²) in [6.07, 6.45) is 1.32. The van der Waals surface area contributed by atoms with E-state index in [1.54, 1.807) is 25.3 Å². The molecule has 0 bridgehead atoms. The lowest BCUT2D eigenvalue weighted by Crippen LogP contribution is -2.26. The highest BCUT2D eigenvalue weighted by atomic mass is 35.5. The van der Waals surface area contributed by atoms with Gasteiger partial charge in [-0.15, -0.1) is 11.6 Å². The van der Waals surface area contributed by atoms with E-state index in [2.05, 4.69) is 10.6 Å². The predicted molar refractivity (Wildman–Crippen MR) is 80.6 cm³/mol. The first-order chi connectivity index (χ1) is 10.2. The second kappa shape index (κ2) is 8.72. The first-order valence-electron chi connectivity index (χ1n) is 6.09. The van der Waals surface area contributed by atoms with E-state index < -0.39 is 5.91 Å². The van der Waals surface area contributed by atoms with Crippen molar-refractivity contribution in [2.45, 2.75) is 0 Å². The van der Waals surface area contributed by atoms with E-state index in [1.165, 1.54) is 13.3 Å². The lowest BCUT2D eigenvalue weighted by molar-refractivity contribution is -0.117. The molecular formula is C14H16ClN3O3. The number of alkyl halides is 1. The number of carbonyl (C=O) groups is 1. The minimum atomic E-state index is -0.480. The number of ether oxygens (including phenoxy) is 2. The van der Waals surface area contributed by atoms with Crippen molar-refractivity contribution in [1.82, 2.24) is 5.32 Å². The van der Waals surface area contributed by atoms with Crippen molar-refractivity contribution in [2.24, 2.45) is 0 Å². The molecule has 1 amide bonds. The predicted octanol–water partition coefficient (Wildman–Crippen LogP) is 1.88. The molecule has 0 heterocycles. The smallest absolute Gasteiger partial charge is 0.263 e. The minimum Gasteiger partial charge on any atom is -0.493 e. The highest BCUT2D eigenvalue weighted by Crippen LogP contribution is 2.29. The van der Waals surface area contributed by atoms with E-state index >= 15 is 0 Å². The molecule has 0 unspecified atom stereocenters. The van der Waals surface area contributed by atoms with Gasteiger partial charge < -0.3 is 20.1 Å². The molecule has 21 heavy (non-hydrogen) atoms. The van der Waals surface area contributed by atoms with Crippen LogP contribution in [-0.2, 0) is 4.79 Å². The first-order valence-corrected chi connectivity index (χ1v) is 6.62. The normalized spacial score (nSPS) is 10.5. The lowest BCUT2D eigenvalue weighted by atomic mass is 10.2. The van der Waals surface area contributed by atoms with Crippen LogP contribution in [0.25, 0.3) is 0 Å². The molecule has 0 spiro atoms. The molecule has 1 aromatic carbocycles. The van der Waals surface area contributed by atoms with Crippen LogP contribution in [0.4, 0.5) is 5.69 Å². The van der Waals surface area contributed by atoms with Crippen molar-refractivity contribution < 1.29 is 14.3 Å². The van der Waals surface area contributed by atoms with Crippen LogP contribution < -0.4 is 20.1 Å². The Morgan fingerprint density at radius 1 is 1.38 bits per heavy atom. The summed E-state index contributed by atoms with van der Waals surface area (Å²) in [4.78, 5) is 11.6. The van der Waals surface area contributed by atoms with Gasteiger partial charge in [0, 0.05) is 30.4 Å². The number of benzene rings is 1. The van der Waals surface area contributed by atoms with Gasteiger partial charge in [-0.25, -0.2) is 0 Å². The first kappa shape index (κ1) is 16.7. The number of nitrogens with zero attached hydrogens (tertiary/aromatic N) is 1. The Morgan fingerprint density at radius 2 is 2.10 bits per heavy atom. The highest BCUT2D eigenvalue weighted by molar-refractivity contribution is 6.18. The zero-order valence-corrected chi connectivity index (χ0v) is 12.5. The number of nitriles is 1. The van der Waals surface area contributed by atoms with Crippen LogP contribution in [-0.4, -0.2) is 32.6 Å². The number of methoxy groups -OCH3 is 2. The molecule has 6 nitrogen and oxygen atoms in total. The van der Waals surface area contributed by atoms with E-state index in [0.717, 1.165) is 0 Å². The van der Waals surface area contributed by atoms with Crippen LogP contribution in [0.15, 0.2) is 30.0 Å². The quantitative estimate of drug-likeness (QED) is 0.456. The summed E-state index contributed by atoms with van der Waals surface area (Å²) < 4.78 is 10.3. The average Bonchev–Trinajstić information content (AvgIpc) is 2.53. The number of amides is 1. The zero-order valence-electron chi connectivity index (χ0n) is 11.8. The summed E-state index contributed by atoms with van der Waals surface area (Å²) in [5, 5.41) is 14.3. The fourth-order valence-corrected chi connectivity index (χ4v) is 1.58. The van der Waals surface area contributed by atoms with Crippen molar-refractivity contribution in [1.29, 1.82) is 5.26 Å². The van der Waals surface area contributed by atoms with Gasteiger partial charge in [0.15, 0.2) is 11.5 Å². The number of carbonyl (C=O) groups excluding carboxylic acids is 1. The molecule has 2 N–H and O–H groups in total. The SMILES string of the molecule is COc1ccc(N/C=C(/C#N)C(=O)NCCCl)cc1OC. The van der Waals surface area contributed by atoms with Gasteiger partial charge in [-0.2, -0.15) is 5.26 Å². The third-order valence-electron chi connectivity index (χ3n) is 2.51. The Bertz CT molecular complexity index is 567. The van der Waals surface area contributed by atoms with Crippen LogP contribution in [0.1, 0.15) is 0 Å². The lowest BCUT2D eigenvalue weighted by Gasteiger charge is -2.09. The fourth-order valence-electron chi connectivity index (χ4n) is 1.49. The number of anilines is 1. The fraction of sp³-hybridized carbons (Fsp3) is 0.286. The second-order valence-electron chi connectivity index (χ2n) is 3.83. The van der Waals surface area contributed by atoms with Crippen LogP contribution >= 0.6 is 11.6 Å². The number of rotatable bonds is 7. The van der Waals surface area contributed by atoms with Gasteiger partial charge in [0.1, 0.15) is 11.6 Å². The Morgan fingerprint density at radius 3 is 2.67 bits per heavy atom. The summed E-state index contributed by atoms with van der Waals surface area (Å²) in [6, 6.07) is 6.97. The van der Waals surface area contributed by atoms with Crippen LogP contribution in [0.2, 0.25) is 0 Å². The number of hydrogen-bond donors (Lipinski definition) is 2. The molecule has 0 saturated heterocycles. The van der Waals surface area contributed by atoms with Crippen LogP contribution in [0, 0.1) is 11.3 Å². The maximum atomic E-state index is 11.6. The zero-order chi connectivity index (χ0) is 15.7. The monoisotopic (exact) mass is 309 g/mol. The molecule has 0 radical (unpaired) electrons. The van der Waals surface area contributed by atoms with Crippen molar-refractivity contribution >= 4 is 23.2 Å². The average molecular weight is 310 g/mol. The highest BCUT2D eigenvalue weighted by Gasteiger charge is 2.08. The van der Waals surface area contributed by atoms with Crippen LogP contribution in [0.3, 0.4) is 0 Å². The number of nitrogens with one attached hydrogen (secondary N) is 2. The van der Waals surface area contributed by atoms with Gasteiger partial charge >= 0.3 is 0 Å². The summed E-state index contributed by atoms with van der Waals surface area (Å²) in [5.74, 6) is 0.938. The van der Waals surface area contributed by atoms with Crippen molar-refractivity contribution in [3.63, 3.8) is 0 Å². The van der Waals surface area contributed by atoms with E-state index in [0.29, 0.717) is 23.7 Å². The Hall–Kier alpha value is -2.39. The largest absolute Gasteiger partial charge is 0.493 e. The number of hydrogen-bond acceptors (Lipinski definition) is 5. The van der Waals surface area contributed by atoms with Gasteiger partial charge in [0.05, 0.1) is 14.2 Å². The van der Waals surface area contributed by atoms with Crippen molar-refractivity contribution in [3.05, 3.63) is 30.0 Å². The maximum absolute atomic E-state index is 11.6. The topological polar surface area (TPSA) is 83.4 Å². The molecule has 1 aromatic rings. The molecule has 1 rings (SSSR count). The molecule has 112 valence electrons. The van der Waals surface area contributed by atoms with Gasteiger partial charge in [-0.1, -0.05) is 0 Å². The standard InChI is InChI=1S/C14H16ClN3O3/c1-20-12-4-3-11(7-13(12)21-2)18-9-10(8-16)14(19)17-6-5-15/h3-4,7,9,18H,5-6H2,1-2H3,(H,17,19)/b10-9-. The second-order valence-corrected chi connectivity index (χ2v) is 4.21. The van der Waals surface area contributed by atoms with Crippen molar-refractivity contribution in [3.8, 4) is 17.6 Å². The molecule has 0 fully saturated rings. The Balaban J connectivity index is 2.82. The van der Waals surface area contributed by atoms with Crippen molar-refractivity contribution in [2.75, 3.05) is 32.0 Å². The van der Waals surface area contributed by atoms with Crippen LogP contribution in [0.5, 0.6) is 11.5 Å². The molecular weight excluding hydrogens is 294 g/mol. The van der Waals surface area contributed by atoms with E-state index in [9.17, 15) is 4.79 Å². The van der Waals surface area contributed by atoms with Gasteiger partial charge in [-0.3, -0.25) is 4.79 Å². The molecule has 0 aliphatic rings. The number of halogens is 1. The summed E-state index contributed by atoms with van der Waals surface area (Å²) in [6.45, 7) is 0.301. The molecule has 7 heteroatoms. The minimum absolute atomic E-state index is 0.0464. The maximum Gasteiger partial charge on any atom is 0.263 e. The molecule has 0 atom stereocenters. The Labute approximate surface area is 128 Å². The summed E-state index contributed by atoms with van der Waals surface area (Å²) >= 11 is 5.47. The van der Waals surface area contributed by atoms with E-state index in [4.69, 9.17) is 26.3 Å².